The zero-order valence-corrected chi connectivity index (χ0v) is 9.90. The molecule has 0 amide bonds. The average molecular weight is 276 g/mol. The standard InChI is InChI=1S/C11H10F2O4S/c12-11(13,18(14,15)16)7-17-10-6-5-8-3-1-2-4-9(8)10/h1-6,10H,7H2,(H,14,15,16). The highest BCUT2D eigenvalue weighted by atomic mass is 32.2. The van der Waals surface area contributed by atoms with Crippen LogP contribution < -0.4 is 0 Å². The van der Waals surface area contributed by atoms with Crippen molar-refractivity contribution < 1.29 is 26.5 Å². The topological polar surface area (TPSA) is 63.6 Å². The van der Waals surface area contributed by atoms with Crippen molar-refractivity contribution in [1.82, 2.24) is 0 Å². The Bertz CT molecular complexity index is 580. The van der Waals surface area contributed by atoms with Crippen molar-refractivity contribution in [1.29, 1.82) is 0 Å². The smallest absolute Gasteiger partial charge is 0.362 e. The van der Waals surface area contributed by atoms with Gasteiger partial charge in [0.05, 0.1) is 0 Å². The lowest BCUT2D eigenvalue weighted by Gasteiger charge is -2.17. The zero-order valence-electron chi connectivity index (χ0n) is 9.08. The largest absolute Gasteiger partial charge is 0.392 e. The summed E-state index contributed by atoms with van der Waals surface area (Å²) in [7, 11) is -5.45. The molecule has 0 fully saturated rings. The molecule has 1 N–H and O–H groups in total. The third kappa shape index (κ3) is 2.43. The van der Waals surface area contributed by atoms with Gasteiger partial charge in [-0.3, -0.25) is 4.55 Å². The second-order valence-electron chi connectivity index (χ2n) is 3.83. The van der Waals surface area contributed by atoms with Gasteiger partial charge in [-0.2, -0.15) is 17.2 Å². The molecule has 4 nitrogen and oxygen atoms in total. The first-order chi connectivity index (χ1) is 8.31. The lowest BCUT2D eigenvalue weighted by molar-refractivity contribution is -0.0392. The molecule has 98 valence electrons. The van der Waals surface area contributed by atoms with Gasteiger partial charge < -0.3 is 4.74 Å². The summed E-state index contributed by atoms with van der Waals surface area (Å²) < 4.78 is 60.0. The first-order valence-corrected chi connectivity index (χ1v) is 6.49. The van der Waals surface area contributed by atoms with Crippen LogP contribution in [0, 0.1) is 0 Å². The quantitative estimate of drug-likeness (QED) is 0.857. The van der Waals surface area contributed by atoms with Gasteiger partial charge in [-0.1, -0.05) is 36.4 Å². The molecule has 0 spiro atoms. The van der Waals surface area contributed by atoms with Gasteiger partial charge in [-0.15, -0.1) is 0 Å². The highest BCUT2D eigenvalue weighted by Crippen LogP contribution is 2.32. The fourth-order valence-electron chi connectivity index (χ4n) is 1.62. The predicted octanol–water partition coefficient (Wildman–Crippen LogP) is 2.25. The summed E-state index contributed by atoms with van der Waals surface area (Å²) in [5.74, 6) is 0. The van der Waals surface area contributed by atoms with Crippen LogP contribution in [-0.2, 0) is 14.9 Å². The van der Waals surface area contributed by atoms with Crippen LogP contribution in [0.4, 0.5) is 8.78 Å². The maximum Gasteiger partial charge on any atom is 0.392 e. The number of hydrogen-bond donors (Lipinski definition) is 1. The number of benzene rings is 1. The Morgan fingerprint density at radius 3 is 2.67 bits per heavy atom. The lowest BCUT2D eigenvalue weighted by Crippen LogP contribution is -2.33. The Kier molecular flexibility index (Phi) is 3.22. The van der Waals surface area contributed by atoms with Crippen molar-refractivity contribution in [2.75, 3.05) is 6.61 Å². The highest BCUT2D eigenvalue weighted by molar-refractivity contribution is 7.86. The Balaban J connectivity index is 2.08. The van der Waals surface area contributed by atoms with E-state index in [1.807, 2.05) is 0 Å². The summed E-state index contributed by atoms with van der Waals surface area (Å²) in [6.07, 6.45) is 2.52. The number of ether oxygens (including phenoxy) is 1. The fourth-order valence-corrected chi connectivity index (χ4v) is 1.84. The molecule has 1 atom stereocenters. The SMILES string of the molecule is O=S(=O)(O)C(F)(F)COC1C=Cc2ccccc21. The zero-order chi connectivity index (χ0) is 13.4. The normalized spacial score (nSPS) is 18.9. The van der Waals surface area contributed by atoms with Gasteiger partial charge in [0.2, 0.25) is 0 Å². The van der Waals surface area contributed by atoms with Crippen LogP contribution in [0.25, 0.3) is 6.08 Å². The Labute approximate surface area is 103 Å². The number of halogens is 2. The van der Waals surface area contributed by atoms with Crippen LogP contribution in [-0.4, -0.2) is 24.8 Å². The van der Waals surface area contributed by atoms with Gasteiger partial charge in [0, 0.05) is 0 Å². The van der Waals surface area contributed by atoms with Crippen LogP contribution in [0.1, 0.15) is 17.2 Å². The van der Waals surface area contributed by atoms with E-state index in [2.05, 4.69) is 0 Å². The lowest BCUT2D eigenvalue weighted by atomic mass is 10.1. The van der Waals surface area contributed by atoms with E-state index in [9.17, 15) is 17.2 Å². The van der Waals surface area contributed by atoms with E-state index in [4.69, 9.17) is 9.29 Å². The Hall–Kier alpha value is -1.31. The monoisotopic (exact) mass is 276 g/mol. The molecule has 0 saturated heterocycles. The second-order valence-corrected chi connectivity index (χ2v) is 5.38. The molecule has 7 heteroatoms. The molecule has 18 heavy (non-hydrogen) atoms. The third-order valence-corrected chi connectivity index (χ3v) is 3.43. The van der Waals surface area contributed by atoms with Crippen LogP contribution >= 0.6 is 0 Å². The molecule has 1 aromatic rings. The summed E-state index contributed by atoms with van der Waals surface area (Å²) >= 11 is 0. The van der Waals surface area contributed by atoms with Gasteiger partial charge >= 0.3 is 15.4 Å². The van der Waals surface area contributed by atoms with E-state index in [1.54, 1.807) is 36.4 Å². The summed E-state index contributed by atoms with van der Waals surface area (Å²) in [6, 6.07) is 7.00. The van der Waals surface area contributed by atoms with Crippen molar-refractivity contribution in [3.8, 4) is 0 Å². The van der Waals surface area contributed by atoms with E-state index < -0.39 is 28.1 Å². The summed E-state index contributed by atoms with van der Waals surface area (Å²) in [6.45, 7) is -1.39. The molecule has 0 radical (unpaired) electrons. The Morgan fingerprint density at radius 2 is 2.00 bits per heavy atom. The number of rotatable bonds is 4. The van der Waals surface area contributed by atoms with Crippen molar-refractivity contribution in [3.63, 3.8) is 0 Å². The number of fused-ring (bicyclic) bond motifs is 1. The van der Waals surface area contributed by atoms with Gasteiger partial charge in [-0.05, 0) is 11.1 Å². The van der Waals surface area contributed by atoms with Crippen LogP contribution in [0.3, 0.4) is 0 Å². The highest BCUT2D eigenvalue weighted by Gasteiger charge is 2.45. The third-order valence-electron chi connectivity index (χ3n) is 2.56. The molecule has 0 saturated carbocycles. The number of alkyl halides is 2. The number of hydrogen-bond acceptors (Lipinski definition) is 3. The molecule has 0 bridgehead atoms. The van der Waals surface area contributed by atoms with Crippen LogP contribution in [0.15, 0.2) is 30.3 Å². The first kappa shape index (κ1) is 13.1. The van der Waals surface area contributed by atoms with Crippen molar-refractivity contribution >= 4 is 16.2 Å². The minimum Gasteiger partial charge on any atom is -0.362 e. The van der Waals surface area contributed by atoms with Crippen LogP contribution in [0.2, 0.25) is 0 Å². The molecule has 1 aromatic carbocycles. The van der Waals surface area contributed by atoms with E-state index in [-0.39, 0.29) is 0 Å². The first-order valence-electron chi connectivity index (χ1n) is 5.05. The average Bonchev–Trinajstić information content (AvgIpc) is 2.68. The molecule has 1 aliphatic rings. The maximum absolute atomic E-state index is 13.0. The minimum absolute atomic E-state index is 0.684. The molecule has 0 heterocycles. The van der Waals surface area contributed by atoms with Gasteiger partial charge in [0.15, 0.2) is 0 Å². The second kappa shape index (κ2) is 4.42. The predicted molar refractivity (Wildman–Crippen MR) is 60.7 cm³/mol. The van der Waals surface area contributed by atoms with Gasteiger partial charge in [0.25, 0.3) is 0 Å². The van der Waals surface area contributed by atoms with Crippen molar-refractivity contribution in [2.24, 2.45) is 0 Å². The van der Waals surface area contributed by atoms with Gasteiger partial charge in [-0.25, -0.2) is 0 Å². The summed E-state index contributed by atoms with van der Waals surface area (Å²) in [5.41, 5.74) is 1.52. The maximum atomic E-state index is 13.0. The minimum atomic E-state index is -5.45. The van der Waals surface area contributed by atoms with Gasteiger partial charge in [0.1, 0.15) is 12.7 Å². The fraction of sp³-hybridized carbons (Fsp3) is 0.273. The van der Waals surface area contributed by atoms with E-state index in [0.717, 1.165) is 5.56 Å². The summed E-state index contributed by atoms with van der Waals surface area (Å²) in [5, 5.41) is -4.31. The molecule has 1 unspecified atom stereocenters. The molecular weight excluding hydrogens is 266 g/mol. The van der Waals surface area contributed by atoms with Crippen LogP contribution in [0.5, 0.6) is 0 Å². The molecular formula is C11H10F2O4S. The molecule has 0 aliphatic heterocycles. The van der Waals surface area contributed by atoms with E-state index in [0.29, 0.717) is 5.56 Å². The molecule has 0 aromatic heterocycles. The van der Waals surface area contributed by atoms with Crippen molar-refractivity contribution in [3.05, 3.63) is 41.5 Å². The summed E-state index contributed by atoms with van der Waals surface area (Å²) in [4.78, 5) is 0. The van der Waals surface area contributed by atoms with Crippen molar-refractivity contribution in [2.45, 2.75) is 11.4 Å². The Morgan fingerprint density at radius 1 is 1.33 bits per heavy atom. The van der Waals surface area contributed by atoms with E-state index >= 15 is 0 Å². The molecule has 2 rings (SSSR count). The molecule has 1 aliphatic carbocycles. The van der Waals surface area contributed by atoms with E-state index in [1.165, 1.54) is 0 Å².